The Morgan fingerprint density at radius 3 is 2.41 bits per heavy atom. The quantitative estimate of drug-likeness (QED) is 0.223. The summed E-state index contributed by atoms with van der Waals surface area (Å²) in [6.07, 6.45) is 0.426. The third-order valence-corrected chi connectivity index (χ3v) is 6.60. The van der Waals surface area contributed by atoms with E-state index >= 15 is 0 Å². The first-order valence-electron chi connectivity index (χ1n) is 12.4. The van der Waals surface area contributed by atoms with Gasteiger partial charge in [-0.05, 0) is 73.2 Å². The van der Waals surface area contributed by atoms with Gasteiger partial charge in [-0.3, -0.25) is 5.01 Å². The van der Waals surface area contributed by atoms with Crippen LogP contribution in [-0.2, 0) is 4.74 Å². The molecule has 0 radical (unpaired) electrons. The van der Waals surface area contributed by atoms with E-state index < -0.39 is 11.6 Å². The van der Waals surface area contributed by atoms with E-state index in [1.165, 1.54) is 0 Å². The molecule has 0 amide bonds. The van der Waals surface area contributed by atoms with Gasteiger partial charge in [-0.2, -0.15) is 5.10 Å². The summed E-state index contributed by atoms with van der Waals surface area (Å²) in [7, 11) is 4.75. The number of anilines is 1. The number of benzene rings is 3. The standard InChI is InChI=1S/C30H28N2O7/c1-5-38-29(33)18-6-9-21(10-7-18)32-25(19-8-12-27(36-3)28(16-19)37-4)17-24(31-32)23-15-20-14-22(35-2)11-13-26(20)39-30(23)34/h6-16,25H,5,17H2,1-4H3. The number of nitrogens with zero attached hydrogens (tertiary/aromatic N) is 2. The lowest BCUT2D eigenvalue weighted by Gasteiger charge is -2.25. The van der Waals surface area contributed by atoms with E-state index in [1.54, 1.807) is 70.7 Å². The van der Waals surface area contributed by atoms with Crippen molar-refractivity contribution < 1.29 is 28.2 Å². The summed E-state index contributed by atoms with van der Waals surface area (Å²) in [5, 5.41) is 7.44. The number of hydrogen-bond donors (Lipinski definition) is 0. The molecule has 0 spiro atoms. The van der Waals surface area contributed by atoms with Crippen molar-refractivity contribution in [3.63, 3.8) is 0 Å². The van der Waals surface area contributed by atoms with E-state index in [2.05, 4.69) is 0 Å². The van der Waals surface area contributed by atoms with Crippen LogP contribution in [0, 0.1) is 0 Å². The van der Waals surface area contributed by atoms with Gasteiger partial charge in [0.05, 0.1) is 56.5 Å². The van der Waals surface area contributed by atoms with Gasteiger partial charge in [0.15, 0.2) is 11.5 Å². The zero-order chi connectivity index (χ0) is 27.5. The number of carbonyl (C=O) groups is 1. The molecule has 200 valence electrons. The lowest BCUT2D eigenvalue weighted by atomic mass is 9.98. The molecule has 0 saturated heterocycles. The van der Waals surface area contributed by atoms with Crippen LogP contribution in [0.3, 0.4) is 0 Å². The van der Waals surface area contributed by atoms with Gasteiger partial charge in [0.1, 0.15) is 11.3 Å². The minimum Gasteiger partial charge on any atom is -0.497 e. The average molecular weight is 529 g/mol. The molecule has 9 nitrogen and oxygen atoms in total. The molecule has 1 aliphatic heterocycles. The van der Waals surface area contributed by atoms with Crippen LogP contribution in [0.15, 0.2) is 81.0 Å². The van der Waals surface area contributed by atoms with E-state index in [0.29, 0.717) is 52.7 Å². The van der Waals surface area contributed by atoms with Gasteiger partial charge in [-0.1, -0.05) is 6.07 Å². The molecule has 5 rings (SSSR count). The minimum absolute atomic E-state index is 0.270. The molecule has 0 N–H and O–H groups in total. The van der Waals surface area contributed by atoms with Crippen LogP contribution < -0.4 is 24.8 Å². The van der Waals surface area contributed by atoms with Crippen LogP contribution in [-0.4, -0.2) is 39.6 Å². The fourth-order valence-electron chi connectivity index (χ4n) is 4.63. The second-order valence-corrected chi connectivity index (χ2v) is 8.84. The molecule has 3 aromatic carbocycles. The minimum atomic E-state index is -0.475. The summed E-state index contributed by atoms with van der Waals surface area (Å²) in [5.74, 6) is 1.45. The largest absolute Gasteiger partial charge is 0.497 e. The highest BCUT2D eigenvalue weighted by atomic mass is 16.5. The lowest BCUT2D eigenvalue weighted by Crippen LogP contribution is -2.19. The topological polar surface area (TPSA) is 99.8 Å². The summed E-state index contributed by atoms with van der Waals surface area (Å²) in [6, 6.07) is 19.5. The Hall–Kier alpha value is -4.79. The predicted molar refractivity (Wildman–Crippen MR) is 147 cm³/mol. The molecule has 0 fully saturated rings. The summed E-state index contributed by atoms with van der Waals surface area (Å²) in [5.41, 5.74) is 3.02. The van der Waals surface area contributed by atoms with Gasteiger partial charge in [-0.25, -0.2) is 9.59 Å². The number of esters is 1. The Morgan fingerprint density at radius 1 is 0.949 bits per heavy atom. The van der Waals surface area contributed by atoms with Gasteiger partial charge in [0.25, 0.3) is 0 Å². The molecule has 0 aliphatic carbocycles. The van der Waals surface area contributed by atoms with Crippen molar-refractivity contribution in [1.29, 1.82) is 0 Å². The Morgan fingerprint density at radius 2 is 1.72 bits per heavy atom. The molecule has 2 heterocycles. The molecule has 0 bridgehead atoms. The van der Waals surface area contributed by atoms with Gasteiger partial charge in [-0.15, -0.1) is 0 Å². The Balaban J connectivity index is 1.59. The molecule has 0 saturated carbocycles. The van der Waals surface area contributed by atoms with Crippen molar-refractivity contribution in [2.45, 2.75) is 19.4 Å². The molecule has 1 aliphatic rings. The van der Waals surface area contributed by atoms with E-state index in [-0.39, 0.29) is 6.04 Å². The summed E-state index contributed by atoms with van der Waals surface area (Å²) in [6.45, 7) is 2.06. The van der Waals surface area contributed by atoms with Gasteiger partial charge >= 0.3 is 11.6 Å². The molecule has 1 atom stereocenters. The maximum Gasteiger partial charge on any atom is 0.345 e. The first-order valence-corrected chi connectivity index (χ1v) is 12.4. The number of hydrazone groups is 1. The molecule has 1 unspecified atom stereocenters. The van der Waals surface area contributed by atoms with Crippen molar-refractivity contribution in [3.05, 3.63) is 93.8 Å². The van der Waals surface area contributed by atoms with Crippen molar-refractivity contribution in [2.24, 2.45) is 5.10 Å². The highest BCUT2D eigenvalue weighted by Gasteiger charge is 2.32. The second kappa shape index (κ2) is 10.9. The molecular weight excluding hydrogens is 500 g/mol. The first-order chi connectivity index (χ1) is 18.9. The normalized spacial score (nSPS) is 14.7. The molecule has 9 heteroatoms. The number of carbonyl (C=O) groups excluding carboxylic acids is 1. The van der Waals surface area contributed by atoms with Crippen LogP contribution in [0.5, 0.6) is 17.2 Å². The second-order valence-electron chi connectivity index (χ2n) is 8.84. The Bertz CT molecular complexity index is 1610. The van der Waals surface area contributed by atoms with Crippen LogP contribution in [0.2, 0.25) is 0 Å². The van der Waals surface area contributed by atoms with Crippen LogP contribution in [0.1, 0.15) is 40.9 Å². The van der Waals surface area contributed by atoms with Crippen LogP contribution in [0.4, 0.5) is 5.69 Å². The van der Waals surface area contributed by atoms with Gasteiger partial charge in [0, 0.05) is 11.8 Å². The zero-order valence-corrected chi connectivity index (χ0v) is 22.1. The highest BCUT2D eigenvalue weighted by molar-refractivity contribution is 6.04. The van der Waals surface area contributed by atoms with Crippen LogP contribution >= 0.6 is 0 Å². The zero-order valence-electron chi connectivity index (χ0n) is 22.1. The maximum atomic E-state index is 13.0. The van der Waals surface area contributed by atoms with Crippen molar-refractivity contribution in [1.82, 2.24) is 0 Å². The SMILES string of the molecule is CCOC(=O)c1ccc(N2N=C(c3cc4cc(OC)ccc4oc3=O)CC2c2ccc(OC)c(OC)c2)cc1. The number of methoxy groups -OCH3 is 3. The summed E-state index contributed by atoms with van der Waals surface area (Å²) < 4.78 is 27.0. The van der Waals surface area contributed by atoms with E-state index in [0.717, 1.165) is 16.6 Å². The van der Waals surface area contributed by atoms with E-state index in [4.69, 9.17) is 28.5 Å². The van der Waals surface area contributed by atoms with E-state index in [1.807, 2.05) is 29.3 Å². The molecule has 39 heavy (non-hydrogen) atoms. The molecular formula is C30H28N2O7. The highest BCUT2D eigenvalue weighted by Crippen LogP contribution is 2.40. The van der Waals surface area contributed by atoms with Crippen LogP contribution in [0.25, 0.3) is 11.0 Å². The predicted octanol–water partition coefficient (Wildman–Crippen LogP) is 5.35. The number of ether oxygens (including phenoxy) is 4. The van der Waals surface area contributed by atoms with E-state index in [9.17, 15) is 9.59 Å². The number of hydrogen-bond acceptors (Lipinski definition) is 9. The Labute approximate surface area is 225 Å². The monoisotopic (exact) mass is 528 g/mol. The third kappa shape index (κ3) is 5.03. The Kier molecular flexibility index (Phi) is 7.23. The first kappa shape index (κ1) is 25.8. The summed E-state index contributed by atoms with van der Waals surface area (Å²) >= 11 is 0. The fourth-order valence-corrected chi connectivity index (χ4v) is 4.63. The van der Waals surface area contributed by atoms with Gasteiger partial charge < -0.3 is 23.4 Å². The smallest absolute Gasteiger partial charge is 0.345 e. The third-order valence-electron chi connectivity index (χ3n) is 6.60. The summed E-state index contributed by atoms with van der Waals surface area (Å²) in [4.78, 5) is 25.2. The van der Waals surface area contributed by atoms with Crippen molar-refractivity contribution in [3.8, 4) is 17.2 Å². The average Bonchev–Trinajstić information content (AvgIpc) is 3.41. The number of rotatable bonds is 8. The van der Waals surface area contributed by atoms with Crippen molar-refractivity contribution >= 4 is 28.3 Å². The maximum absolute atomic E-state index is 13.0. The molecule has 4 aromatic rings. The molecule has 1 aromatic heterocycles. The van der Waals surface area contributed by atoms with Gasteiger partial charge in [0.2, 0.25) is 0 Å². The number of fused-ring (bicyclic) bond motifs is 1. The fraction of sp³-hybridized carbons (Fsp3) is 0.233. The lowest BCUT2D eigenvalue weighted by molar-refractivity contribution is 0.0526. The van der Waals surface area contributed by atoms with Crippen molar-refractivity contribution in [2.75, 3.05) is 32.9 Å².